The molecule has 0 radical (unpaired) electrons. The van der Waals surface area contributed by atoms with Crippen LogP contribution in [0.1, 0.15) is 29.7 Å². The molecule has 1 amide bonds. The van der Waals surface area contributed by atoms with Gasteiger partial charge in [0.05, 0.1) is 11.6 Å². The van der Waals surface area contributed by atoms with Crippen LogP contribution in [0, 0.1) is 0 Å². The lowest BCUT2D eigenvalue weighted by Crippen LogP contribution is -2.29. The van der Waals surface area contributed by atoms with Crippen molar-refractivity contribution in [1.29, 1.82) is 0 Å². The number of thiazole rings is 1. The highest BCUT2D eigenvalue weighted by molar-refractivity contribution is 7.14. The van der Waals surface area contributed by atoms with Crippen molar-refractivity contribution in [2.45, 2.75) is 25.5 Å². The first kappa shape index (κ1) is 18.6. The predicted octanol–water partition coefficient (Wildman–Crippen LogP) is 4.09. The SMILES string of the molecule is CC1Cc2cc(C(O)=C3C(=O)C(=O)N(c4nccs4)C3c3ccccc3)ccc2O1. The Balaban J connectivity index is 1.68. The van der Waals surface area contributed by atoms with Gasteiger partial charge in [-0.3, -0.25) is 14.5 Å². The van der Waals surface area contributed by atoms with Crippen LogP contribution in [-0.4, -0.2) is 27.9 Å². The van der Waals surface area contributed by atoms with Gasteiger partial charge in [-0.05, 0) is 36.2 Å². The normalized spacial score (nSPS) is 22.2. The Kier molecular flexibility index (Phi) is 4.40. The molecule has 0 aliphatic carbocycles. The number of Topliss-reactive ketones (excluding diaryl/α,β-unsaturated/α-hetero) is 1. The number of fused-ring (bicyclic) bond motifs is 1. The standard InChI is InChI=1S/C23H18N2O4S/c1-13-11-16-12-15(7-8-17(16)29-13)20(26)18-19(14-5-3-2-4-6-14)25(22(28)21(18)27)23-24-9-10-30-23/h2-10,12-13,19,26H,11H2,1H3. The van der Waals surface area contributed by atoms with E-state index in [4.69, 9.17) is 4.74 Å². The molecule has 0 spiro atoms. The van der Waals surface area contributed by atoms with Crippen LogP contribution in [-0.2, 0) is 16.0 Å². The number of ketones is 1. The van der Waals surface area contributed by atoms with Gasteiger partial charge in [-0.2, -0.15) is 0 Å². The van der Waals surface area contributed by atoms with Crippen LogP contribution in [0.5, 0.6) is 5.75 Å². The molecule has 0 saturated carbocycles. The number of hydrogen-bond donors (Lipinski definition) is 1. The quantitative estimate of drug-likeness (QED) is 0.394. The zero-order chi connectivity index (χ0) is 20.8. The second-order valence-electron chi connectivity index (χ2n) is 7.35. The summed E-state index contributed by atoms with van der Waals surface area (Å²) >= 11 is 1.27. The monoisotopic (exact) mass is 418 g/mol. The second kappa shape index (κ2) is 7.11. The molecule has 7 heteroatoms. The van der Waals surface area contributed by atoms with E-state index in [9.17, 15) is 14.7 Å². The molecule has 2 aliphatic heterocycles. The molecule has 6 nitrogen and oxygen atoms in total. The van der Waals surface area contributed by atoms with Gasteiger partial charge in [0.15, 0.2) is 5.13 Å². The maximum Gasteiger partial charge on any atom is 0.301 e. The zero-order valence-corrected chi connectivity index (χ0v) is 16.9. The first-order valence-corrected chi connectivity index (χ1v) is 10.5. The summed E-state index contributed by atoms with van der Waals surface area (Å²) in [5, 5.41) is 13.3. The molecule has 0 bridgehead atoms. The highest BCUT2D eigenvalue weighted by atomic mass is 32.1. The lowest BCUT2D eigenvalue weighted by Gasteiger charge is -2.22. The van der Waals surface area contributed by atoms with E-state index in [0.717, 1.165) is 23.3 Å². The minimum absolute atomic E-state index is 0.0633. The van der Waals surface area contributed by atoms with Crippen molar-refractivity contribution in [2.24, 2.45) is 0 Å². The average molecular weight is 418 g/mol. The number of hydrogen-bond acceptors (Lipinski definition) is 6. The fraction of sp³-hybridized carbons (Fsp3) is 0.174. The van der Waals surface area contributed by atoms with Crippen molar-refractivity contribution >= 4 is 33.9 Å². The largest absolute Gasteiger partial charge is 0.507 e. The van der Waals surface area contributed by atoms with Crippen LogP contribution in [0.25, 0.3) is 5.76 Å². The Bertz CT molecular complexity index is 1170. The van der Waals surface area contributed by atoms with Gasteiger partial charge in [-0.15, -0.1) is 11.3 Å². The molecular formula is C23H18N2O4S. The fourth-order valence-electron chi connectivity index (χ4n) is 4.04. The number of aliphatic hydroxyl groups excluding tert-OH is 1. The Labute approximate surface area is 177 Å². The van der Waals surface area contributed by atoms with Gasteiger partial charge in [-0.1, -0.05) is 30.3 Å². The smallest absolute Gasteiger partial charge is 0.301 e. The van der Waals surface area contributed by atoms with E-state index >= 15 is 0 Å². The summed E-state index contributed by atoms with van der Waals surface area (Å²) in [5.41, 5.74) is 2.25. The Morgan fingerprint density at radius 1 is 1.20 bits per heavy atom. The summed E-state index contributed by atoms with van der Waals surface area (Å²) < 4.78 is 5.73. The van der Waals surface area contributed by atoms with Crippen molar-refractivity contribution in [1.82, 2.24) is 4.98 Å². The molecule has 1 saturated heterocycles. The van der Waals surface area contributed by atoms with Crippen LogP contribution in [0.3, 0.4) is 0 Å². The minimum Gasteiger partial charge on any atom is -0.507 e. The number of aliphatic hydroxyl groups is 1. The van der Waals surface area contributed by atoms with Crippen LogP contribution in [0.15, 0.2) is 65.7 Å². The topological polar surface area (TPSA) is 79.7 Å². The first-order chi connectivity index (χ1) is 14.5. The van der Waals surface area contributed by atoms with E-state index in [1.54, 1.807) is 23.7 Å². The molecule has 150 valence electrons. The van der Waals surface area contributed by atoms with Crippen molar-refractivity contribution < 1.29 is 19.4 Å². The molecule has 2 aromatic carbocycles. The van der Waals surface area contributed by atoms with Gasteiger partial charge >= 0.3 is 5.91 Å². The molecular weight excluding hydrogens is 400 g/mol. The maximum atomic E-state index is 13.0. The maximum absolute atomic E-state index is 13.0. The van der Waals surface area contributed by atoms with E-state index in [0.29, 0.717) is 10.7 Å². The third kappa shape index (κ3) is 2.90. The lowest BCUT2D eigenvalue weighted by atomic mass is 9.94. The number of ether oxygens (including phenoxy) is 1. The van der Waals surface area contributed by atoms with E-state index in [1.165, 1.54) is 16.2 Å². The van der Waals surface area contributed by atoms with Gasteiger partial charge in [0.1, 0.15) is 17.6 Å². The molecule has 1 N–H and O–H groups in total. The molecule has 2 unspecified atom stereocenters. The van der Waals surface area contributed by atoms with Crippen LogP contribution < -0.4 is 9.64 Å². The van der Waals surface area contributed by atoms with Crippen LogP contribution in [0.2, 0.25) is 0 Å². The van der Waals surface area contributed by atoms with Crippen molar-refractivity contribution in [2.75, 3.05) is 4.90 Å². The molecule has 30 heavy (non-hydrogen) atoms. The highest BCUT2D eigenvalue weighted by Crippen LogP contribution is 2.43. The third-order valence-electron chi connectivity index (χ3n) is 5.35. The molecule has 2 aliphatic rings. The van der Waals surface area contributed by atoms with E-state index in [1.807, 2.05) is 43.3 Å². The van der Waals surface area contributed by atoms with Crippen LogP contribution >= 0.6 is 11.3 Å². The molecule has 1 aromatic heterocycles. The number of aromatic nitrogens is 1. The van der Waals surface area contributed by atoms with Crippen LogP contribution in [0.4, 0.5) is 5.13 Å². The molecule has 3 heterocycles. The number of rotatable bonds is 3. The minimum atomic E-state index is -0.749. The molecule has 1 fully saturated rings. The summed E-state index contributed by atoms with van der Waals surface area (Å²) in [6.45, 7) is 1.98. The predicted molar refractivity (Wildman–Crippen MR) is 114 cm³/mol. The Hall–Kier alpha value is -3.45. The third-order valence-corrected chi connectivity index (χ3v) is 6.13. The fourth-order valence-corrected chi connectivity index (χ4v) is 4.71. The highest BCUT2D eigenvalue weighted by Gasteiger charge is 2.48. The summed E-state index contributed by atoms with van der Waals surface area (Å²) in [7, 11) is 0. The van der Waals surface area contributed by atoms with Gasteiger partial charge in [0, 0.05) is 23.6 Å². The van der Waals surface area contributed by atoms with Gasteiger partial charge in [0.2, 0.25) is 0 Å². The molecule has 3 aromatic rings. The number of amides is 1. The van der Waals surface area contributed by atoms with Crippen molar-refractivity contribution in [3.05, 3.63) is 82.4 Å². The number of anilines is 1. The van der Waals surface area contributed by atoms with E-state index in [-0.39, 0.29) is 17.4 Å². The van der Waals surface area contributed by atoms with Gasteiger partial charge < -0.3 is 9.84 Å². The van der Waals surface area contributed by atoms with Gasteiger partial charge in [0.25, 0.3) is 5.78 Å². The van der Waals surface area contributed by atoms with E-state index in [2.05, 4.69) is 4.98 Å². The second-order valence-corrected chi connectivity index (χ2v) is 8.22. The Morgan fingerprint density at radius 2 is 2.00 bits per heavy atom. The lowest BCUT2D eigenvalue weighted by molar-refractivity contribution is -0.132. The zero-order valence-electron chi connectivity index (χ0n) is 16.1. The number of carbonyl (C=O) groups excluding carboxylic acids is 2. The summed E-state index contributed by atoms with van der Waals surface area (Å²) in [4.78, 5) is 31.6. The number of carbonyl (C=O) groups is 2. The van der Waals surface area contributed by atoms with Crippen molar-refractivity contribution in [3.63, 3.8) is 0 Å². The van der Waals surface area contributed by atoms with E-state index < -0.39 is 17.7 Å². The van der Waals surface area contributed by atoms with Crippen molar-refractivity contribution in [3.8, 4) is 5.75 Å². The average Bonchev–Trinajstić information content (AvgIpc) is 3.46. The molecule has 2 atom stereocenters. The first-order valence-electron chi connectivity index (χ1n) is 9.60. The summed E-state index contributed by atoms with van der Waals surface area (Å²) in [6.07, 6.45) is 2.38. The van der Waals surface area contributed by atoms with Gasteiger partial charge in [-0.25, -0.2) is 4.98 Å². The Morgan fingerprint density at radius 3 is 2.73 bits per heavy atom. The summed E-state index contributed by atoms with van der Waals surface area (Å²) in [6, 6.07) is 13.8. The molecule has 5 rings (SSSR count). The summed E-state index contributed by atoms with van der Waals surface area (Å²) in [5.74, 6) is -0.828. The number of nitrogens with zero attached hydrogens (tertiary/aromatic N) is 2. The number of benzene rings is 2.